The fourth-order valence-corrected chi connectivity index (χ4v) is 2.69. The number of carbonyl (C=O) groups excluding carboxylic acids is 1. The summed E-state index contributed by atoms with van der Waals surface area (Å²) in [5, 5.41) is 0. The van der Waals surface area contributed by atoms with Crippen LogP contribution in [0.15, 0.2) is 12.7 Å². The van der Waals surface area contributed by atoms with Crippen LogP contribution in [0.2, 0.25) is 0 Å². The van der Waals surface area contributed by atoms with Gasteiger partial charge in [0.1, 0.15) is 5.60 Å². The first kappa shape index (κ1) is 14.3. The maximum absolute atomic E-state index is 11.5. The molecule has 1 rings (SSSR count). The Kier molecular flexibility index (Phi) is 6.31. The van der Waals surface area contributed by atoms with E-state index in [1.165, 1.54) is 51.0 Å². The van der Waals surface area contributed by atoms with Crippen molar-refractivity contribution in [2.75, 3.05) is 0 Å². The van der Waals surface area contributed by atoms with Gasteiger partial charge >= 0.3 is 5.97 Å². The molecule has 0 saturated heterocycles. The Morgan fingerprint density at radius 2 is 1.59 bits per heavy atom. The molecule has 98 valence electrons. The van der Waals surface area contributed by atoms with E-state index in [9.17, 15) is 4.79 Å². The number of rotatable bonds is 3. The molecule has 1 saturated carbocycles. The number of hydrogen-bond acceptors (Lipinski definition) is 2. The molecule has 0 N–H and O–H groups in total. The lowest BCUT2D eigenvalue weighted by atomic mass is 9.86. The molecule has 1 fully saturated rings. The Morgan fingerprint density at radius 1 is 1.12 bits per heavy atom. The van der Waals surface area contributed by atoms with Gasteiger partial charge in [0.2, 0.25) is 0 Å². The van der Waals surface area contributed by atoms with Gasteiger partial charge in [-0.25, -0.2) is 4.79 Å². The maximum Gasteiger partial charge on any atom is 0.330 e. The highest BCUT2D eigenvalue weighted by atomic mass is 16.6. The molecule has 0 spiro atoms. The van der Waals surface area contributed by atoms with Gasteiger partial charge in [0, 0.05) is 6.08 Å². The predicted molar refractivity (Wildman–Crippen MR) is 70.9 cm³/mol. The van der Waals surface area contributed by atoms with Crippen molar-refractivity contribution in [1.82, 2.24) is 0 Å². The summed E-state index contributed by atoms with van der Waals surface area (Å²) in [5.74, 6) is -0.260. The molecule has 0 atom stereocenters. The standard InChI is InChI=1S/C15H26O2/c1-3-14(16)17-15(4-2)12-10-8-6-5-7-9-11-13-15/h3H,1,4-13H2,2H3. The van der Waals surface area contributed by atoms with Crippen molar-refractivity contribution in [2.24, 2.45) is 0 Å². The second-order valence-corrected chi connectivity index (χ2v) is 5.14. The second kappa shape index (κ2) is 7.52. The van der Waals surface area contributed by atoms with Crippen LogP contribution in [0, 0.1) is 0 Å². The van der Waals surface area contributed by atoms with Crippen LogP contribution in [-0.4, -0.2) is 11.6 Å². The van der Waals surface area contributed by atoms with Crippen LogP contribution in [0.25, 0.3) is 0 Å². The maximum atomic E-state index is 11.5. The Bertz CT molecular complexity index is 235. The van der Waals surface area contributed by atoms with Crippen molar-refractivity contribution in [3.63, 3.8) is 0 Å². The molecular formula is C15H26O2. The quantitative estimate of drug-likeness (QED) is 0.538. The largest absolute Gasteiger partial charge is 0.456 e. The van der Waals surface area contributed by atoms with Gasteiger partial charge in [-0.15, -0.1) is 0 Å². The summed E-state index contributed by atoms with van der Waals surface area (Å²) in [4.78, 5) is 11.5. The normalized spacial score (nSPS) is 21.5. The lowest BCUT2D eigenvalue weighted by molar-refractivity contribution is -0.156. The van der Waals surface area contributed by atoms with E-state index in [0.717, 1.165) is 19.3 Å². The van der Waals surface area contributed by atoms with Crippen molar-refractivity contribution in [1.29, 1.82) is 0 Å². The highest BCUT2D eigenvalue weighted by Crippen LogP contribution is 2.31. The van der Waals surface area contributed by atoms with Gasteiger partial charge in [-0.1, -0.05) is 45.6 Å². The molecule has 0 aliphatic heterocycles. The zero-order valence-electron chi connectivity index (χ0n) is 11.2. The van der Waals surface area contributed by atoms with E-state index in [2.05, 4.69) is 13.5 Å². The summed E-state index contributed by atoms with van der Waals surface area (Å²) in [5.41, 5.74) is -0.220. The van der Waals surface area contributed by atoms with E-state index in [0.29, 0.717) is 0 Å². The molecule has 2 heteroatoms. The molecule has 0 bridgehead atoms. The molecule has 2 nitrogen and oxygen atoms in total. The van der Waals surface area contributed by atoms with Crippen molar-refractivity contribution >= 4 is 5.97 Å². The minimum Gasteiger partial charge on any atom is -0.456 e. The lowest BCUT2D eigenvalue weighted by Crippen LogP contribution is -2.34. The summed E-state index contributed by atoms with van der Waals surface area (Å²) in [7, 11) is 0. The van der Waals surface area contributed by atoms with Crippen LogP contribution in [0.3, 0.4) is 0 Å². The molecule has 0 radical (unpaired) electrons. The SMILES string of the molecule is C=CC(=O)OC1(CC)CCCCCCCCC1. The van der Waals surface area contributed by atoms with Gasteiger partial charge in [-0.05, 0) is 32.1 Å². The number of carbonyl (C=O) groups is 1. The van der Waals surface area contributed by atoms with E-state index < -0.39 is 0 Å². The Morgan fingerprint density at radius 3 is 2.00 bits per heavy atom. The Labute approximate surface area is 105 Å². The summed E-state index contributed by atoms with van der Waals surface area (Å²) < 4.78 is 5.65. The zero-order chi connectivity index (χ0) is 12.6. The van der Waals surface area contributed by atoms with Gasteiger partial charge < -0.3 is 4.74 Å². The van der Waals surface area contributed by atoms with Crippen molar-refractivity contribution < 1.29 is 9.53 Å². The first-order valence-electron chi connectivity index (χ1n) is 7.08. The van der Waals surface area contributed by atoms with E-state index >= 15 is 0 Å². The highest BCUT2D eigenvalue weighted by molar-refractivity contribution is 5.81. The number of esters is 1. The summed E-state index contributed by atoms with van der Waals surface area (Å²) in [6, 6.07) is 0. The molecule has 1 aliphatic carbocycles. The van der Waals surface area contributed by atoms with Gasteiger partial charge in [0.25, 0.3) is 0 Å². The topological polar surface area (TPSA) is 26.3 Å². The van der Waals surface area contributed by atoms with Crippen molar-refractivity contribution in [3.05, 3.63) is 12.7 Å². The van der Waals surface area contributed by atoms with E-state index in [1.54, 1.807) is 0 Å². The second-order valence-electron chi connectivity index (χ2n) is 5.14. The first-order chi connectivity index (χ1) is 8.22. The van der Waals surface area contributed by atoms with E-state index in [4.69, 9.17) is 4.74 Å². The van der Waals surface area contributed by atoms with Crippen molar-refractivity contribution in [2.45, 2.75) is 76.7 Å². The fraction of sp³-hybridized carbons (Fsp3) is 0.800. The van der Waals surface area contributed by atoms with Crippen LogP contribution in [-0.2, 0) is 9.53 Å². The Balaban J connectivity index is 2.61. The minimum atomic E-state index is -0.260. The smallest absolute Gasteiger partial charge is 0.330 e. The van der Waals surface area contributed by atoms with E-state index in [1.807, 2.05) is 0 Å². The third kappa shape index (κ3) is 4.93. The fourth-order valence-electron chi connectivity index (χ4n) is 2.69. The summed E-state index contributed by atoms with van der Waals surface area (Å²) >= 11 is 0. The molecule has 0 heterocycles. The molecule has 0 aromatic heterocycles. The average Bonchev–Trinajstić information content (AvgIpc) is 2.36. The average molecular weight is 238 g/mol. The molecule has 0 aromatic rings. The molecule has 0 unspecified atom stereocenters. The lowest BCUT2D eigenvalue weighted by Gasteiger charge is -2.33. The third-order valence-corrected chi connectivity index (χ3v) is 3.89. The monoisotopic (exact) mass is 238 g/mol. The molecule has 0 aromatic carbocycles. The van der Waals surface area contributed by atoms with Gasteiger partial charge in [-0.2, -0.15) is 0 Å². The Hall–Kier alpha value is -0.790. The summed E-state index contributed by atoms with van der Waals surface area (Å²) in [6.07, 6.45) is 13.2. The van der Waals surface area contributed by atoms with Gasteiger partial charge in [-0.3, -0.25) is 0 Å². The van der Waals surface area contributed by atoms with Crippen LogP contribution in [0.5, 0.6) is 0 Å². The van der Waals surface area contributed by atoms with Gasteiger partial charge in [0.05, 0.1) is 0 Å². The first-order valence-corrected chi connectivity index (χ1v) is 7.08. The molecule has 0 amide bonds. The van der Waals surface area contributed by atoms with Gasteiger partial charge in [0.15, 0.2) is 0 Å². The number of hydrogen-bond donors (Lipinski definition) is 0. The highest BCUT2D eigenvalue weighted by Gasteiger charge is 2.31. The molecular weight excluding hydrogens is 212 g/mol. The predicted octanol–water partition coefficient (Wildman–Crippen LogP) is 4.39. The minimum absolute atomic E-state index is 0.220. The van der Waals surface area contributed by atoms with Crippen LogP contribution in [0.4, 0.5) is 0 Å². The molecule has 1 aliphatic rings. The van der Waals surface area contributed by atoms with Crippen molar-refractivity contribution in [3.8, 4) is 0 Å². The van der Waals surface area contributed by atoms with Crippen LogP contribution in [0.1, 0.15) is 71.1 Å². The third-order valence-electron chi connectivity index (χ3n) is 3.89. The van der Waals surface area contributed by atoms with Crippen LogP contribution >= 0.6 is 0 Å². The summed E-state index contributed by atoms with van der Waals surface area (Å²) in [6.45, 7) is 5.62. The van der Waals surface area contributed by atoms with E-state index in [-0.39, 0.29) is 11.6 Å². The zero-order valence-corrected chi connectivity index (χ0v) is 11.2. The van der Waals surface area contributed by atoms with Crippen LogP contribution < -0.4 is 0 Å². The number of ether oxygens (including phenoxy) is 1. The molecule has 17 heavy (non-hydrogen) atoms.